The third-order valence-electron chi connectivity index (χ3n) is 2.52. The standard InChI is InChI=1S/C12H10BrN5S/c1-8-14-6-11(19-8)7-18-16-12(15-17-18)9-2-4-10(13)5-3-9/h2-6H,7H2,1H3. The molecule has 0 atom stereocenters. The topological polar surface area (TPSA) is 56.5 Å². The van der Waals surface area contributed by atoms with Gasteiger partial charge in [-0.05, 0) is 36.4 Å². The van der Waals surface area contributed by atoms with Gasteiger partial charge in [-0.1, -0.05) is 15.9 Å². The van der Waals surface area contributed by atoms with Gasteiger partial charge < -0.3 is 0 Å². The second kappa shape index (κ2) is 5.18. The Hall–Kier alpha value is -1.60. The largest absolute Gasteiger partial charge is 0.250 e. The highest BCUT2D eigenvalue weighted by molar-refractivity contribution is 9.10. The van der Waals surface area contributed by atoms with Crippen molar-refractivity contribution in [2.45, 2.75) is 13.5 Å². The molecule has 1 aromatic carbocycles. The summed E-state index contributed by atoms with van der Waals surface area (Å²) in [5.41, 5.74) is 0.954. The van der Waals surface area contributed by atoms with Crippen molar-refractivity contribution in [2.24, 2.45) is 0 Å². The molecule has 5 nitrogen and oxygen atoms in total. The van der Waals surface area contributed by atoms with Crippen LogP contribution in [0.3, 0.4) is 0 Å². The van der Waals surface area contributed by atoms with Gasteiger partial charge in [-0.25, -0.2) is 4.98 Å². The molecule has 3 rings (SSSR count). The van der Waals surface area contributed by atoms with Crippen molar-refractivity contribution < 1.29 is 0 Å². The van der Waals surface area contributed by atoms with Gasteiger partial charge in [0, 0.05) is 21.1 Å². The van der Waals surface area contributed by atoms with Gasteiger partial charge in [0.1, 0.15) is 0 Å². The Morgan fingerprint density at radius 1 is 1.26 bits per heavy atom. The first kappa shape index (κ1) is 12.4. The van der Waals surface area contributed by atoms with Gasteiger partial charge in [0.25, 0.3) is 0 Å². The van der Waals surface area contributed by atoms with Crippen LogP contribution in [0.4, 0.5) is 0 Å². The number of aromatic nitrogens is 5. The first-order chi connectivity index (χ1) is 9.20. The molecule has 0 spiro atoms. The van der Waals surface area contributed by atoms with Crippen molar-refractivity contribution in [3.05, 3.63) is 44.8 Å². The van der Waals surface area contributed by atoms with E-state index in [2.05, 4.69) is 36.3 Å². The number of nitrogens with zero attached hydrogens (tertiary/aromatic N) is 5. The van der Waals surface area contributed by atoms with E-state index in [4.69, 9.17) is 0 Å². The predicted molar refractivity (Wildman–Crippen MR) is 76.9 cm³/mol. The fraction of sp³-hybridized carbons (Fsp3) is 0.167. The third kappa shape index (κ3) is 2.87. The van der Waals surface area contributed by atoms with Crippen LogP contribution < -0.4 is 0 Å². The number of aryl methyl sites for hydroxylation is 1. The number of benzene rings is 1. The molecular formula is C12H10BrN5S. The quantitative estimate of drug-likeness (QED) is 0.738. The number of hydrogen-bond donors (Lipinski definition) is 0. The van der Waals surface area contributed by atoms with Crippen LogP contribution in [0.15, 0.2) is 34.9 Å². The number of halogens is 1. The van der Waals surface area contributed by atoms with E-state index in [9.17, 15) is 0 Å². The molecule has 0 saturated carbocycles. The lowest BCUT2D eigenvalue weighted by atomic mass is 10.2. The Balaban J connectivity index is 1.81. The molecule has 0 aliphatic heterocycles. The van der Waals surface area contributed by atoms with E-state index in [0.717, 1.165) is 19.9 Å². The number of rotatable bonds is 3. The summed E-state index contributed by atoms with van der Waals surface area (Å²) >= 11 is 5.05. The number of tetrazole rings is 1. The molecule has 0 fully saturated rings. The molecule has 7 heteroatoms. The van der Waals surface area contributed by atoms with Gasteiger partial charge in [-0.15, -0.1) is 21.5 Å². The maximum Gasteiger partial charge on any atom is 0.204 e. The second-order valence-corrected chi connectivity index (χ2v) is 6.23. The molecule has 0 unspecified atom stereocenters. The number of thiazole rings is 1. The molecule has 3 aromatic rings. The Kier molecular flexibility index (Phi) is 3.39. The summed E-state index contributed by atoms with van der Waals surface area (Å²) in [7, 11) is 0. The van der Waals surface area contributed by atoms with E-state index in [-0.39, 0.29) is 0 Å². The molecule has 0 amide bonds. The fourth-order valence-corrected chi connectivity index (χ4v) is 2.68. The molecule has 0 bridgehead atoms. The lowest BCUT2D eigenvalue weighted by molar-refractivity contribution is 0.577. The van der Waals surface area contributed by atoms with Crippen LogP contribution in [0.5, 0.6) is 0 Å². The average molecular weight is 336 g/mol. The van der Waals surface area contributed by atoms with Gasteiger partial charge in [-0.3, -0.25) is 0 Å². The first-order valence-electron chi connectivity index (χ1n) is 5.66. The van der Waals surface area contributed by atoms with Crippen LogP contribution in [0.1, 0.15) is 9.88 Å². The van der Waals surface area contributed by atoms with Crippen molar-refractivity contribution in [1.82, 2.24) is 25.2 Å². The zero-order chi connectivity index (χ0) is 13.2. The molecule has 0 N–H and O–H groups in total. The maximum atomic E-state index is 4.37. The molecular weight excluding hydrogens is 326 g/mol. The smallest absolute Gasteiger partial charge is 0.204 e. The highest BCUT2D eigenvalue weighted by Gasteiger charge is 2.07. The van der Waals surface area contributed by atoms with Gasteiger partial charge >= 0.3 is 0 Å². The Bertz CT molecular complexity index is 688. The van der Waals surface area contributed by atoms with Crippen molar-refractivity contribution in [3.8, 4) is 11.4 Å². The van der Waals surface area contributed by atoms with Crippen LogP contribution >= 0.6 is 27.3 Å². The van der Waals surface area contributed by atoms with Crippen LogP contribution in [0.2, 0.25) is 0 Å². The SMILES string of the molecule is Cc1ncc(Cn2nnc(-c3ccc(Br)cc3)n2)s1. The van der Waals surface area contributed by atoms with Crippen molar-refractivity contribution in [2.75, 3.05) is 0 Å². The Morgan fingerprint density at radius 2 is 2.05 bits per heavy atom. The lowest BCUT2D eigenvalue weighted by Gasteiger charge is -1.95. The van der Waals surface area contributed by atoms with E-state index >= 15 is 0 Å². The molecule has 19 heavy (non-hydrogen) atoms. The summed E-state index contributed by atoms with van der Waals surface area (Å²) in [4.78, 5) is 6.92. The van der Waals surface area contributed by atoms with Crippen LogP contribution in [-0.4, -0.2) is 25.2 Å². The first-order valence-corrected chi connectivity index (χ1v) is 7.27. The van der Waals surface area contributed by atoms with Crippen molar-refractivity contribution in [1.29, 1.82) is 0 Å². The molecule has 2 heterocycles. The van der Waals surface area contributed by atoms with Crippen LogP contribution in [0.25, 0.3) is 11.4 Å². The minimum absolute atomic E-state index is 0.606. The van der Waals surface area contributed by atoms with Crippen LogP contribution in [0, 0.1) is 6.92 Å². The Labute approximate surface area is 122 Å². The zero-order valence-electron chi connectivity index (χ0n) is 10.1. The van der Waals surface area contributed by atoms with Gasteiger partial charge in [0.15, 0.2) is 0 Å². The monoisotopic (exact) mass is 335 g/mol. The van der Waals surface area contributed by atoms with Crippen LogP contribution in [-0.2, 0) is 6.54 Å². The highest BCUT2D eigenvalue weighted by atomic mass is 79.9. The molecule has 0 aliphatic carbocycles. The molecule has 0 saturated heterocycles. The van der Waals surface area contributed by atoms with E-state index in [1.807, 2.05) is 37.4 Å². The summed E-state index contributed by atoms with van der Waals surface area (Å²) in [5.74, 6) is 0.633. The lowest BCUT2D eigenvalue weighted by Crippen LogP contribution is -2.02. The summed E-state index contributed by atoms with van der Waals surface area (Å²) in [6.45, 7) is 2.59. The van der Waals surface area contributed by atoms with E-state index in [1.165, 1.54) is 0 Å². The summed E-state index contributed by atoms with van der Waals surface area (Å²) in [5, 5.41) is 13.5. The molecule has 0 radical (unpaired) electrons. The van der Waals surface area contributed by atoms with Gasteiger partial charge in [0.2, 0.25) is 5.82 Å². The van der Waals surface area contributed by atoms with Crippen molar-refractivity contribution >= 4 is 27.3 Å². The van der Waals surface area contributed by atoms with E-state index in [0.29, 0.717) is 12.4 Å². The van der Waals surface area contributed by atoms with Gasteiger partial charge in [0.05, 0.1) is 11.6 Å². The fourth-order valence-electron chi connectivity index (χ4n) is 1.64. The maximum absolute atomic E-state index is 4.37. The van der Waals surface area contributed by atoms with E-state index in [1.54, 1.807) is 16.1 Å². The third-order valence-corrected chi connectivity index (χ3v) is 3.95. The molecule has 0 aliphatic rings. The minimum Gasteiger partial charge on any atom is -0.250 e. The molecule has 96 valence electrons. The Morgan fingerprint density at radius 3 is 2.74 bits per heavy atom. The van der Waals surface area contributed by atoms with E-state index < -0.39 is 0 Å². The minimum atomic E-state index is 0.606. The average Bonchev–Trinajstić information content (AvgIpc) is 3.00. The second-order valence-electron chi connectivity index (χ2n) is 4.00. The highest BCUT2D eigenvalue weighted by Crippen LogP contribution is 2.18. The molecule has 2 aromatic heterocycles. The normalized spacial score (nSPS) is 10.8. The summed E-state index contributed by atoms with van der Waals surface area (Å²) in [6, 6.07) is 7.84. The van der Waals surface area contributed by atoms with Gasteiger partial charge in [-0.2, -0.15) is 4.80 Å². The summed E-state index contributed by atoms with van der Waals surface area (Å²) in [6.07, 6.45) is 1.85. The van der Waals surface area contributed by atoms with Crippen molar-refractivity contribution in [3.63, 3.8) is 0 Å². The summed E-state index contributed by atoms with van der Waals surface area (Å²) < 4.78 is 1.03. The number of hydrogen-bond acceptors (Lipinski definition) is 5. The zero-order valence-corrected chi connectivity index (χ0v) is 12.5. The predicted octanol–water partition coefficient (Wildman–Crippen LogP) is 2.92.